The maximum absolute atomic E-state index is 9.77. The van der Waals surface area contributed by atoms with Gasteiger partial charge in [0.1, 0.15) is 24.4 Å². The summed E-state index contributed by atoms with van der Waals surface area (Å²) in [6.07, 6.45) is 14.4. The largest absolute Gasteiger partial charge is 0.493 e. The third-order valence-corrected chi connectivity index (χ3v) is 4.81. The van der Waals surface area contributed by atoms with Gasteiger partial charge in [0.2, 0.25) is 0 Å². The molecular formula is C20H38O5. The van der Waals surface area contributed by atoms with Crippen LogP contribution in [0.25, 0.3) is 0 Å². The topological polar surface area (TPSA) is 79.2 Å². The minimum Gasteiger partial charge on any atom is -0.493 e. The van der Waals surface area contributed by atoms with Gasteiger partial charge in [-0.1, -0.05) is 64.7 Å². The van der Waals surface area contributed by atoms with E-state index in [0.29, 0.717) is 0 Å². The number of allylic oxidation sites excluding steroid dienone is 1. The van der Waals surface area contributed by atoms with E-state index in [2.05, 4.69) is 6.92 Å². The predicted molar refractivity (Wildman–Crippen MR) is 99.3 cm³/mol. The van der Waals surface area contributed by atoms with Gasteiger partial charge in [0.25, 0.3) is 0 Å². The van der Waals surface area contributed by atoms with Gasteiger partial charge in [0.15, 0.2) is 0 Å². The molecule has 4 atom stereocenters. The van der Waals surface area contributed by atoms with Gasteiger partial charge < -0.3 is 24.8 Å². The van der Waals surface area contributed by atoms with Gasteiger partial charge in [0, 0.05) is 0 Å². The Bertz CT molecular complexity index is 334. The molecule has 148 valence electrons. The molecule has 25 heavy (non-hydrogen) atoms. The van der Waals surface area contributed by atoms with E-state index < -0.39 is 24.4 Å². The summed E-state index contributed by atoms with van der Waals surface area (Å²) in [5, 5.41) is 28.6. The van der Waals surface area contributed by atoms with E-state index in [1.807, 2.05) is 6.08 Å². The summed E-state index contributed by atoms with van der Waals surface area (Å²) in [4.78, 5) is 0. The minimum atomic E-state index is -1.01. The first-order valence-electron chi connectivity index (χ1n) is 10.1. The number of hydrogen-bond donors (Lipinski definition) is 3. The lowest BCUT2D eigenvalue weighted by Gasteiger charge is -2.23. The maximum atomic E-state index is 9.77. The third kappa shape index (κ3) is 9.59. The molecule has 0 radical (unpaired) electrons. The molecule has 0 aromatic rings. The molecule has 0 aliphatic carbocycles. The Morgan fingerprint density at radius 3 is 2.12 bits per heavy atom. The molecule has 1 rings (SSSR count). The maximum Gasteiger partial charge on any atom is 0.149 e. The van der Waals surface area contributed by atoms with Crippen LogP contribution in [0.15, 0.2) is 12.3 Å². The van der Waals surface area contributed by atoms with Crippen molar-refractivity contribution in [2.75, 3.05) is 13.2 Å². The average Bonchev–Trinajstić information content (AvgIpc) is 2.95. The van der Waals surface area contributed by atoms with E-state index in [0.717, 1.165) is 12.8 Å². The van der Waals surface area contributed by atoms with Crippen molar-refractivity contribution < 1.29 is 24.8 Å². The van der Waals surface area contributed by atoms with Gasteiger partial charge in [-0.15, -0.1) is 0 Å². The summed E-state index contributed by atoms with van der Waals surface area (Å²) in [6, 6.07) is 0. The van der Waals surface area contributed by atoms with Crippen LogP contribution in [0.2, 0.25) is 0 Å². The quantitative estimate of drug-likeness (QED) is 0.309. The van der Waals surface area contributed by atoms with Gasteiger partial charge in [-0.05, 0) is 18.9 Å². The zero-order chi connectivity index (χ0) is 18.3. The molecule has 1 heterocycles. The summed E-state index contributed by atoms with van der Waals surface area (Å²) < 4.78 is 10.7. The van der Waals surface area contributed by atoms with Crippen molar-refractivity contribution in [3.05, 3.63) is 12.3 Å². The van der Waals surface area contributed by atoms with Crippen molar-refractivity contribution >= 4 is 0 Å². The first kappa shape index (κ1) is 22.4. The first-order chi connectivity index (χ1) is 12.2. The van der Waals surface area contributed by atoms with Crippen LogP contribution in [0.4, 0.5) is 0 Å². The van der Waals surface area contributed by atoms with Crippen LogP contribution in [0.1, 0.15) is 77.6 Å². The summed E-state index contributed by atoms with van der Waals surface area (Å²) in [6.45, 7) is 2.07. The van der Waals surface area contributed by atoms with E-state index in [9.17, 15) is 15.3 Å². The number of rotatable bonds is 15. The van der Waals surface area contributed by atoms with Crippen LogP contribution in [0, 0.1) is 0 Å². The highest BCUT2D eigenvalue weighted by Gasteiger charge is 2.40. The molecule has 1 saturated heterocycles. The van der Waals surface area contributed by atoms with Crippen LogP contribution in [0.5, 0.6) is 0 Å². The van der Waals surface area contributed by atoms with Gasteiger partial charge in [-0.3, -0.25) is 0 Å². The number of aliphatic hydroxyl groups excluding tert-OH is 3. The molecule has 0 amide bonds. The molecule has 0 saturated carbocycles. The zero-order valence-electron chi connectivity index (χ0n) is 15.8. The Labute approximate surface area is 153 Å². The molecule has 0 aromatic carbocycles. The average molecular weight is 359 g/mol. The fourth-order valence-electron chi connectivity index (χ4n) is 3.15. The second-order valence-corrected chi connectivity index (χ2v) is 7.06. The highest BCUT2D eigenvalue weighted by molar-refractivity contribution is 4.90. The molecule has 0 unspecified atom stereocenters. The standard InChI is InChI=1S/C20H38O5/c1-2-3-4-5-6-7-8-9-10-11-12-13-14-24-18(15-21)20-19(23)17(22)16-25-20/h13-14,17-23H,2-12,15-16H2,1H3/b14-13+/t17-,18+,19-,20-/m1/s1. The minimum absolute atomic E-state index is 0.0774. The van der Waals surface area contributed by atoms with Crippen LogP contribution >= 0.6 is 0 Å². The number of unbranched alkanes of at least 4 members (excludes halogenated alkanes) is 10. The highest BCUT2D eigenvalue weighted by Crippen LogP contribution is 2.19. The van der Waals surface area contributed by atoms with Gasteiger partial charge >= 0.3 is 0 Å². The van der Waals surface area contributed by atoms with Gasteiger partial charge in [-0.2, -0.15) is 0 Å². The summed E-state index contributed by atoms with van der Waals surface area (Å²) >= 11 is 0. The lowest BCUT2D eigenvalue weighted by molar-refractivity contribution is -0.0737. The van der Waals surface area contributed by atoms with Crippen molar-refractivity contribution in [3.63, 3.8) is 0 Å². The van der Waals surface area contributed by atoms with Crippen LogP contribution in [-0.2, 0) is 9.47 Å². The lowest BCUT2D eigenvalue weighted by Crippen LogP contribution is -2.41. The van der Waals surface area contributed by atoms with E-state index in [1.54, 1.807) is 6.26 Å². The molecule has 0 aromatic heterocycles. The molecule has 1 aliphatic heterocycles. The molecule has 0 bridgehead atoms. The number of aliphatic hydroxyl groups is 3. The molecular weight excluding hydrogens is 320 g/mol. The smallest absolute Gasteiger partial charge is 0.149 e. The van der Waals surface area contributed by atoms with Crippen molar-refractivity contribution in [1.82, 2.24) is 0 Å². The molecule has 1 aliphatic rings. The van der Waals surface area contributed by atoms with Crippen molar-refractivity contribution in [2.24, 2.45) is 0 Å². The second kappa shape index (κ2) is 14.5. The number of ether oxygens (including phenoxy) is 2. The lowest BCUT2D eigenvalue weighted by atomic mass is 10.1. The monoisotopic (exact) mass is 358 g/mol. The Morgan fingerprint density at radius 2 is 1.60 bits per heavy atom. The van der Waals surface area contributed by atoms with Crippen molar-refractivity contribution in [3.8, 4) is 0 Å². The van der Waals surface area contributed by atoms with Gasteiger partial charge in [0.05, 0.1) is 19.5 Å². The number of hydrogen-bond acceptors (Lipinski definition) is 5. The molecule has 5 nitrogen and oxygen atoms in total. The van der Waals surface area contributed by atoms with Crippen LogP contribution in [-0.4, -0.2) is 52.9 Å². The molecule has 3 N–H and O–H groups in total. The molecule has 1 fully saturated rings. The van der Waals surface area contributed by atoms with Crippen LogP contribution in [0.3, 0.4) is 0 Å². The molecule has 0 spiro atoms. The Balaban J connectivity index is 1.97. The zero-order valence-corrected chi connectivity index (χ0v) is 15.8. The molecule has 5 heteroatoms. The normalized spacial score (nSPS) is 24.9. The second-order valence-electron chi connectivity index (χ2n) is 7.06. The predicted octanol–water partition coefficient (Wildman–Crippen LogP) is 3.31. The first-order valence-corrected chi connectivity index (χ1v) is 10.1. The Kier molecular flexibility index (Phi) is 13.0. The Hall–Kier alpha value is -0.620. The SMILES string of the molecule is CCCCCCCCCCCC/C=C/O[C@@H](CO)[C@H]1OC[C@@H](O)[C@H]1O. The van der Waals surface area contributed by atoms with E-state index in [1.165, 1.54) is 57.8 Å². The fraction of sp³-hybridized carbons (Fsp3) is 0.900. The van der Waals surface area contributed by atoms with Crippen molar-refractivity contribution in [1.29, 1.82) is 0 Å². The Morgan fingerprint density at radius 1 is 1.00 bits per heavy atom. The van der Waals surface area contributed by atoms with Gasteiger partial charge in [-0.25, -0.2) is 0 Å². The summed E-state index contributed by atoms with van der Waals surface area (Å²) in [7, 11) is 0. The van der Waals surface area contributed by atoms with E-state index >= 15 is 0 Å². The third-order valence-electron chi connectivity index (χ3n) is 4.81. The van der Waals surface area contributed by atoms with Crippen LogP contribution < -0.4 is 0 Å². The highest BCUT2D eigenvalue weighted by atomic mass is 16.6. The summed E-state index contributed by atoms with van der Waals surface area (Å²) in [5.41, 5.74) is 0. The summed E-state index contributed by atoms with van der Waals surface area (Å²) in [5.74, 6) is 0. The van der Waals surface area contributed by atoms with Crippen molar-refractivity contribution in [2.45, 2.75) is 102 Å². The van der Waals surface area contributed by atoms with E-state index in [-0.39, 0.29) is 13.2 Å². The fourth-order valence-corrected chi connectivity index (χ4v) is 3.15. The van der Waals surface area contributed by atoms with E-state index in [4.69, 9.17) is 9.47 Å².